The Balaban J connectivity index is 1.53. The van der Waals surface area contributed by atoms with Crippen LogP contribution >= 0.6 is 0 Å². The topological polar surface area (TPSA) is 89.4 Å². The van der Waals surface area contributed by atoms with Crippen molar-refractivity contribution in [2.75, 3.05) is 5.73 Å². The lowest BCUT2D eigenvalue weighted by molar-refractivity contribution is -0.138. The second kappa shape index (κ2) is 7.82. The molecule has 1 saturated carbocycles. The summed E-state index contributed by atoms with van der Waals surface area (Å²) in [6, 6.07) is 3.11. The van der Waals surface area contributed by atoms with E-state index < -0.39 is 53.8 Å². The summed E-state index contributed by atoms with van der Waals surface area (Å²) >= 11 is 0. The minimum atomic E-state index is -4.61. The molecule has 13 heteroatoms. The van der Waals surface area contributed by atoms with Crippen LogP contribution in [0.25, 0.3) is 16.6 Å². The van der Waals surface area contributed by atoms with Crippen molar-refractivity contribution >= 4 is 28.3 Å². The van der Waals surface area contributed by atoms with Crippen LogP contribution in [-0.4, -0.2) is 42.1 Å². The number of aromatic nitrogens is 4. The van der Waals surface area contributed by atoms with E-state index in [0.717, 1.165) is 23.1 Å². The minimum Gasteiger partial charge on any atom is -0.382 e. The van der Waals surface area contributed by atoms with E-state index in [0.29, 0.717) is 17.2 Å². The number of pyridine rings is 1. The Morgan fingerprint density at radius 1 is 1.17 bits per heavy atom. The van der Waals surface area contributed by atoms with E-state index >= 15 is 4.39 Å². The molecule has 35 heavy (non-hydrogen) atoms. The van der Waals surface area contributed by atoms with Crippen molar-refractivity contribution in [3.63, 3.8) is 0 Å². The number of amides is 1. The van der Waals surface area contributed by atoms with Crippen LogP contribution in [0, 0.1) is 5.82 Å². The fraction of sp³-hybridized carbons (Fsp3) is 0.273. The molecule has 0 spiro atoms. The average molecular weight is 494 g/mol. The smallest absolute Gasteiger partial charge is 0.382 e. The van der Waals surface area contributed by atoms with Gasteiger partial charge in [-0.15, -0.1) is 0 Å². The van der Waals surface area contributed by atoms with Gasteiger partial charge in [0, 0.05) is 31.1 Å². The number of nitrogens with zero attached hydrogens (tertiary/aromatic N) is 5. The second-order valence-electron chi connectivity index (χ2n) is 8.35. The molecule has 0 atom stereocenters. The molecule has 1 aliphatic rings. The molecule has 0 bridgehead atoms. The Kier molecular flexibility index (Phi) is 5.11. The summed E-state index contributed by atoms with van der Waals surface area (Å²) in [4.78, 5) is 26.2. The molecular formula is C22H16F6N6O. The standard InChI is InChI=1S/C22H16F6N6O/c23-15-4-16-17(34-10-30-8-18(34)19(29)32-16)3-14(15)20(35)33(13-5-21(24,25)6-13)9-12-2-1-11(7-31-12)22(26,27)28/h1-4,7-8,10,13H,5-6,9H2,(H2,29,32). The zero-order valence-corrected chi connectivity index (χ0v) is 17.7. The van der Waals surface area contributed by atoms with Gasteiger partial charge in [-0.25, -0.2) is 23.1 Å². The number of nitrogen functional groups attached to an aromatic ring is 1. The lowest BCUT2D eigenvalue weighted by atomic mass is 9.86. The van der Waals surface area contributed by atoms with Crippen LogP contribution in [0.1, 0.15) is 34.5 Å². The van der Waals surface area contributed by atoms with Gasteiger partial charge in [-0.1, -0.05) is 0 Å². The zero-order chi connectivity index (χ0) is 25.1. The largest absolute Gasteiger partial charge is 0.417 e. The Morgan fingerprint density at radius 2 is 1.91 bits per heavy atom. The van der Waals surface area contributed by atoms with Crippen LogP contribution in [0.15, 0.2) is 43.0 Å². The number of anilines is 1. The molecule has 1 amide bonds. The van der Waals surface area contributed by atoms with Crippen molar-refractivity contribution in [3.05, 3.63) is 65.6 Å². The summed E-state index contributed by atoms with van der Waals surface area (Å²) < 4.78 is 82.3. The molecule has 1 aromatic carbocycles. The van der Waals surface area contributed by atoms with Gasteiger partial charge >= 0.3 is 6.18 Å². The highest BCUT2D eigenvalue weighted by Crippen LogP contribution is 2.41. The van der Waals surface area contributed by atoms with Crippen molar-refractivity contribution in [2.24, 2.45) is 0 Å². The fourth-order valence-electron chi connectivity index (χ4n) is 4.09. The number of benzene rings is 1. The predicted octanol–water partition coefficient (Wildman–Crippen LogP) is 4.46. The van der Waals surface area contributed by atoms with Crippen molar-refractivity contribution in [2.45, 2.75) is 37.5 Å². The predicted molar refractivity (Wildman–Crippen MR) is 112 cm³/mol. The fourth-order valence-corrected chi connectivity index (χ4v) is 4.09. The molecule has 5 rings (SSSR count). The van der Waals surface area contributed by atoms with Gasteiger partial charge in [0.05, 0.1) is 46.9 Å². The maximum Gasteiger partial charge on any atom is 0.417 e. The lowest BCUT2D eigenvalue weighted by Gasteiger charge is -2.42. The molecule has 0 saturated heterocycles. The maximum atomic E-state index is 15.0. The first-order chi connectivity index (χ1) is 16.4. The molecule has 3 heterocycles. The molecule has 3 aromatic heterocycles. The van der Waals surface area contributed by atoms with E-state index in [2.05, 4.69) is 15.0 Å². The first-order valence-corrected chi connectivity index (χ1v) is 10.3. The van der Waals surface area contributed by atoms with Gasteiger partial charge in [0.2, 0.25) is 0 Å². The first-order valence-electron chi connectivity index (χ1n) is 10.3. The van der Waals surface area contributed by atoms with Crippen LogP contribution in [-0.2, 0) is 12.7 Å². The van der Waals surface area contributed by atoms with E-state index in [1.807, 2.05) is 0 Å². The first kappa shape index (κ1) is 22.9. The highest BCUT2D eigenvalue weighted by atomic mass is 19.4. The number of hydrogen-bond donors (Lipinski definition) is 1. The molecule has 0 radical (unpaired) electrons. The highest BCUT2D eigenvalue weighted by Gasteiger charge is 2.49. The monoisotopic (exact) mass is 494 g/mol. The van der Waals surface area contributed by atoms with Crippen LogP contribution in [0.5, 0.6) is 0 Å². The third-order valence-electron chi connectivity index (χ3n) is 5.95. The molecule has 4 aromatic rings. The maximum absolute atomic E-state index is 15.0. The number of imidazole rings is 1. The van der Waals surface area contributed by atoms with Gasteiger partial charge in [0.15, 0.2) is 0 Å². The van der Waals surface area contributed by atoms with Gasteiger partial charge in [-0.3, -0.25) is 14.2 Å². The number of carbonyl (C=O) groups is 1. The van der Waals surface area contributed by atoms with E-state index in [4.69, 9.17) is 5.73 Å². The van der Waals surface area contributed by atoms with Crippen molar-refractivity contribution < 1.29 is 31.1 Å². The molecule has 0 aliphatic heterocycles. The number of halogens is 6. The third kappa shape index (κ3) is 4.10. The zero-order valence-electron chi connectivity index (χ0n) is 17.7. The van der Waals surface area contributed by atoms with Crippen LogP contribution in [0.2, 0.25) is 0 Å². The number of alkyl halides is 5. The van der Waals surface area contributed by atoms with Gasteiger partial charge in [-0.05, 0) is 18.2 Å². The van der Waals surface area contributed by atoms with E-state index in [1.165, 1.54) is 23.0 Å². The van der Waals surface area contributed by atoms with Crippen LogP contribution in [0.4, 0.5) is 32.2 Å². The Morgan fingerprint density at radius 3 is 2.54 bits per heavy atom. The van der Waals surface area contributed by atoms with Crippen LogP contribution < -0.4 is 5.73 Å². The SMILES string of the molecule is Nc1nc2cc(F)c(C(=O)N(Cc3ccc(C(F)(F)F)cn3)C3CC(F)(F)C3)cc2n2cncc12. The Bertz CT molecular complexity index is 1440. The summed E-state index contributed by atoms with van der Waals surface area (Å²) in [7, 11) is 0. The minimum absolute atomic E-state index is 0.0363. The number of hydrogen-bond acceptors (Lipinski definition) is 5. The molecule has 2 N–H and O–H groups in total. The Labute approximate surface area is 193 Å². The summed E-state index contributed by atoms with van der Waals surface area (Å²) in [6.07, 6.45) is -2.49. The molecule has 7 nitrogen and oxygen atoms in total. The van der Waals surface area contributed by atoms with Gasteiger partial charge in [-0.2, -0.15) is 13.2 Å². The summed E-state index contributed by atoms with van der Waals surface area (Å²) in [5, 5.41) is 0. The molecule has 182 valence electrons. The van der Waals surface area contributed by atoms with Gasteiger partial charge in [0.25, 0.3) is 11.8 Å². The normalized spacial score (nSPS) is 15.9. The number of rotatable bonds is 4. The van der Waals surface area contributed by atoms with Crippen molar-refractivity contribution in [3.8, 4) is 0 Å². The summed E-state index contributed by atoms with van der Waals surface area (Å²) in [5.41, 5.74) is 5.36. The highest BCUT2D eigenvalue weighted by molar-refractivity contribution is 5.98. The molecule has 0 unspecified atom stereocenters. The van der Waals surface area contributed by atoms with Gasteiger partial charge in [0.1, 0.15) is 17.2 Å². The van der Waals surface area contributed by atoms with Crippen molar-refractivity contribution in [1.82, 2.24) is 24.3 Å². The molecule has 1 aliphatic carbocycles. The van der Waals surface area contributed by atoms with E-state index in [-0.39, 0.29) is 23.6 Å². The van der Waals surface area contributed by atoms with Crippen molar-refractivity contribution in [1.29, 1.82) is 0 Å². The van der Waals surface area contributed by atoms with E-state index in [1.54, 1.807) is 0 Å². The summed E-state index contributed by atoms with van der Waals surface area (Å²) in [6.45, 7) is -0.379. The molecular weight excluding hydrogens is 478 g/mol. The quantitative estimate of drug-likeness (QED) is 0.424. The average Bonchev–Trinajstić information content (AvgIpc) is 3.26. The van der Waals surface area contributed by atoms with Crippen LogP contribution in [0.3, 0.4) is 0 Å². The van der Waals surface area contributed by atoms with E-state index in [9.17, 15) is 26.7 Å². The third-order valence-corrected chi connectivity index (χ3v) is 5.95. The number of nitrogens with two attached hydrogens (primary N) is 1. The molecule has 1 fully saturated rings. The lowest BCUT2D eigenvalue weighted by Crippen LogP contribution is -2.52. The number of fused-ring (bicyclic) bond motifs is 3. The summed E-state index contributed by atoms with van der Waals surface area (Å²) in [5.74, 6) is -4.76. The number of carbonyl (C=O) groups excluding carboxylic acids is 1. The van der Waals surface area contributed by atoms with Gasteiger partial charge < -0.3 is 10.6 Å². The second-order valence-corrected chi connectivity index (χ2v) is 8.35. The Hall–Kier alpha value is -3.90.